The van der Waals surface area contributed by atoms with Crippen LogP contribution < -0.4 is 10.2 Å². The van der Waals surface area contributed by atoms with Gasteiger partial charge in [0.1, 0.15) is 12.0 Å². The summed E-state index contributed by atoms with van der Waals surface area (Å²) in [6.45, 7) is 5.09. The SMILES string of the molecule is CCNc1ncc2c(n1)N(C1CCCC1)C(CC)c1nncn1-2. The molecule has 0 spiro atoms. The zero-order chi connectivity index (χ0) is 15.8. The smallest absolute Gasteiger partial charge is 0.224 e. The number of hydrogen-bond acceptors (Lipinski definition) is 6. The number of hydrogen-bond donors (Lipinski definition) is 1. The molecule has 1 atom stereocenters. The van der Waals surface area contributed by atoms with Crippen LogP contribution in [-0.4, -0.2) is 37.3 Å². The maximum absolute atomic E-state index is 4.83. The van der Waals surface area contributed by atoms with Crippen LogP contribution in [0.15, 0.2) is 12.5 Å². The molecule has 1 aliphatic heterocycles. The molecule has 2 aliphatic rings. The molecule has 0 radical (unpaired) electrons. The van der Waals surface area contributed by atoms with Crippen LogP contribution in [0.4, 0.5) is 11.8 Å². The van der Waals surface area contributed by atoms with Crippen LogP contribution in [0, 0.1) is 0 Å². The summed E-state index contributed by atoms with van der Waals surface area (Å²) in [7, 11) is 0. The number of nitrogens with zero attached hydrogens (tertiary/aromatic N) is 6. The van der Waals surface area contributed by atoms with E-state index < -0.39 is 0 Å². The van der Waals surface area contributed by atoms with Crippen LogP contribution in [0.5, 0.6) is 0 Å². The van der Waals surface area contributed by atoms with E-state index in [4.69, 9.17) is 4.98 Å². The molecule has 1 aliphatic carbocycles. The molecule has 0 aromatic carbocycles. The van der Waals surface area contributed by atoms with Crippen molar-refractivity contribution in [2.24, 2.45) is 0 Å². The summed E-state index contributed by atoms with van der Waals surface area (Å²) < 4.78 is 2.05. The Bertz CT molecular complexity index is 689. The van der Waals surface area contributed by atoms with E-state index in [9.17, 15) is 0 Å². The lowest BCUT2D eigenvalue weighted by Crippen LogP contribution is -2.42. The Morgan fingerprint density at radius 3 is 2.83 bits per heavy atom. The Morgan fingerprint density at radius 1 is 1.26 bits per heavy atom. The Hall–Kier alpha value is -2.18. The quantitative estimate of drug-likeness (QED) is 0.935. The fourth-order valence-electron chi connectivity index (χ4n) is 3.89. The number of fused-ring (bicyclic) bond motifs is 3. The first-order valence-corrected chi connectivity index (χ1v) is 8.63. The van der Waals surface area contributed by atoms with E-state index in [1.54, 1.807) is 6.33 Å². The van der Waals surface area contributed by atoms with Crippen molar-refractivity contribution < 1.29 is 0 Å². The van der Waals surface area contributed by atoms with E-state index in [1.807, 2.05) is 10.8 Å². The Morgan fingerprint density at radius 2 is 2.09 bits per heavy atom. The summed E-state index contributed by atoms with van der Waals surface area (Å²) in [6, 6.07) is 0.769. The third-order valence-electron chi connectivity index (χ3n) is 4.90. The van der Waals surface area contributed by atoms with Crippen LogP contribution in [-0.2, 0) is 0 Å². The van der Waals surface area contributed by atoms with Gasteiger partial charge in [0.05, 0.1) is 12.2 Å². The molecule has 122 valence electrons. The van der Waals surface area contributed by atoms with E-state index in [-0.39, 0.29) is 6.04 Å². The van der Waals surface area contributed by atoms with Crippen molar-refractivity contribution in [1.82, 2.24) is 24.7 Å². The zero-order valence-electron chi connectivity index (χ0n) is 13.7. The van der Waals surface area contributed by atoms with Crippen LogP contribution in [0.3, 0.4) is 0 Å². The summed E-state index contributed by atoms with van der Waals surface area (Å²) in [5.74, 6) is 2.72. The van der Waals surface area contributed by atoms with Gasteiger partial charge in [0.25, 0.3) is 0 Å². The molecule has 0 amide bonds. The summed E-state index contributed by atoms with van der Waals surface area (Å²) >= 11 is 0. The van der Waals surface area contributed by atoms with Gasteiger partial charge < -0.3 is 10.2 Å². The Kier molecular flexibility index (Phi) is 3.63. The lowest BCUT2D eigenvalue weighted by Gasteiger charge is -2.40. The maximum Gasteiger partial charge on any atom is 0.224 e. The van der Waals surface area contributed by atoms with Crippen molar-refractivity contribution in [3.63, 3.8) is 0 Å². The lowest BCUT2D eigenvalue weighted by atomic mass is 10.0. The first-order chi connectivity index (χ1) is 11.3. The van der Waals surface area contributed by atoms with Crippen molar-refractivity contribution >= 4 is 11.8 Å². The zero-order valence-corrected chi connectivity index (χ0v) is 13.7. The van der Waals surface area contributed by atoms with Crippen LogP contribution in [0.25, 0.3) is 5.69 Å². The highest BCUT2D eigenvalue weighted by molar-refractivity contribution is 5.63. The molecule has 2 aromatic heterocycles. The first-order valence-electron chi connectivity index (χ1n) is 8.63. The summed E-state index contributed by atoms with van der Waals surface area (Å²) in [5, 5.41) is 11.8. The highest BCUT2D eigenvalue weighted by Crippen LogP contribution is 2.42. The summed E-state index contributed by atoms with van der Waals surface area (Å²) in [5.41, 5.74) is 0.989. The number of nitrogens with one attached hydrogen (secondary N) is 1. The van der Waals surface area contributed by atoms with E-state index in [2.05, 4.69) is 39.2 Å². The van der Waals surface area contributed by atoms with Crippen molar-refractivity contribution in [2.45, 2.75) is 58.0 Å². The molecule has 0 bridgehead atoms. The molecule has 0 saturated heterocycles. The maximum atomic E-state index is 4.83. The van der Waals surface area contributed by atoms with Crippen molar-refractivity contribution in [2.75, 3.05) is 16.8 Å². The summed E-state index contributed by atoms with van der Waals surface area (Å²) in [6.07, 6.45) is 9.71. The van der Waals surface area contributed by atoms with Gasteiger partial charge in [0.2, 0.25) is 5.95 Å². The van der Waals surface area contributed by atoms with Crippen molar-refractivity contribution in [1.29, 1.82) is 0 Å². The average Bonchev–Trinajstić information content (AvgIpc) is 3.25. The van der Waals surface area contributed by atoms with Gasteiger partial charge in [-0.2, -0.15) is 4.98 Å². The summed E-state index contributed by atoms with van der Waals surface area (Å²) in [4.78, 5) is 11.8. The number of aromatic nitrogens is 5. The molecule has 7 nitrogen and oxygen atoms in total. The van der Waals surface area contributed by atoms with Gasteiger partial charge in [-0.1, -0.05) is 19.8 Å². The third kappa shape index (κ3) is 2.26. The number of anilines is 2. The fraction of sp³-hybridized carbons (Fsp3) is 0.625. The normalized spacial score (nSPS) is 20.4. The van der Waals surface area contributed by atoms with E-state index >= 15 is 0 Å². The highest BCUT2D eigenvalue weighted by atomic mass is 15.4. The lowest BCUT2D eigenvalue weighted by molar-refractivity contribution is 0.469. The molecule has 1 N–H and O–H groups in total. The van der Waals surface area contributed by atoms with E-state index in [0.29, 0.717) is 12.0 Å². The predicted octanol–water partition coefficient (Wildman–Crippen LogP) is 2.70. The minimum Gasteiger partial charge on any atom is -0.354 e. The molecular weight excluding hydrogens is 290 g/mol. The van der Waals surface area contributed by atoms with Gasteiger partial charge in [-0.25, -0.2) is 4.98 Å². The van der Waals surface area contributed by atoms with Crippen molar-refractivity contribution in [3.8, 4) is 5.69 Å². The second-order valence-electron chi connectivity index (χ2n) is 6.26. The Labute approximate surface area is 136 Å². The molecule has 2 aromatic rings. The molecular formula is C16H23N7. The minimum absolute atomic E-state index is 0.234. The first kappa shape index (κ1) is 14.4. The number of rotatable bonds is 4. The highest BCUT2D eigenvalue weighted by Gasteiger charge is 2.38. The molecule has 7 heteroatoms. The largest absolute Gasteiger partial charge is 0.354 e. The molecule has 4 rings (SSSR count). The van der Waals surface area contributed by atoms with E-state index in [0.717, 1.165) is 30.3 Å². The minimum atomic E-state index is 0.234. The standard InChI is InChI=1S/C16H23N7/c1-3-12-15-21-19-10-22(15)13-9-18-16(17-4-2)20-14(13)23(12)11-7-5-6-8-11/h9-12H,3-8H2,1-2H3,(H,17,18,20). The molecule has 1 fully saturated rings. The second kappa shape index (κ2) is 5.79. The molecule has 1 saturated carbocycles. The van der Waals surface area contributed by atoms with Gasteiger partial charge in [0.15, 0.2) is 11.6 Å². The second-order valence-corrected chi connectivity index (χ2v) is 6.26. The van der Waals surface area contributed by atoms with Gasteiger partial charge in [-0.3, -0.25) is 4.57 Å². The van der Waals surface area contributed by atoms with Gasteiger partial charge >= 0.3 is 0 Å². The van der Waals surface area contributed by atoms with Gasteiger partial charge in [-0.05, 0) is 26.2 Å². The van der Waals surface area contributed by atoms with Crippen LogP contribution in [0.2, 0.25) is 0 Å². The fourth-order valence-corrected chi connectivity index (χ4v) is 3.89. The van der Waals surface area contributed by atoms with Gasteiger partial charge in [-0.15, -0.1) is 10.2 Å². The monoisotopic (exact) mass is 313 g/mol. The third-order valence-corrected chi connectivity index (χ3v) is 4.90. The molecule has 3 heterocycles. The van der Waals surface area contributed by atoms with Crippen molar-refractivity contribution in [3.05, 3.63) is 18.3 Å². The van der Waals surface area contributed by atoms with Crippen LogP contribution in [0.1, 0.15) is 57.8 Å². The van der Waals surface area contributed by atoms with E-state index in [1.165, 1.54) is 25.7 Å². The predicted molar refractivity (Wildman–Crippen MR) is 88.9 cm³/mol. The Balaban J connectivity index is 1.86. The molecule has 1 unspecified atom stereocenters. The topological polar surface area (TPSA) is 71.8 Å². The van der Waals surface area contributed by atoms with Crippen LogP contribution >= 0.6 is 0 Å². The van der Waals surface area contributed by atoms with Gasteiger partial charge in [0, 0.05) is 12.6 Å². The molecule has 23 heavy (non-hydrogen) atoms. The average molecular weight is 313 g/mol.